The number of hydrogen-bond acceptors (Lipinski definition) is 4. The highest BCUT2D eigenvalue weighted by Crippen LogP contribution is 2.21. The number of nitrogens with one attached hydrogen (secondary N) is 2. The van der Waals surface area contributed by atoms with Crippen LogP contribution in [0.2, 0.25) is 5.02 Å². The van der Waals surface area contributed by atoms with E-state index in [2.05, 4.69) is 10.6 Å². The molecule has 4 N–H and O–H groups in total. The predicted molar refractivity (Wildman–Crippen MR) is 98.1 cm³/mol. The van der Waals surface area contributed by atoms with Crippen LogP contribution < -0.4 is 16.4 Å². The van der Waals surface area contributed by atoms with Gasteiger partial charge in [0.1, 0.15) is 6.04 Å². The summed E-state index contributed by atoms with van der Waals surface area (Å²) >= 11 is 5.90. The Labute approximate surface area is 150 Å². The van der Waals surface area contributed by atoms with Crippen molar-refractivity contribution in [3.8, 4) is 0 Å². The summed E-state index contributed by atoms with van der Waals surface area (Å²) in [5.41, 5.74) is 7.14. The fourth-order valence-corrected chi connectivity index (χ4v) is 2.37. The number of amides is 2. The van der Waals surface area contributed by atoms with Gasteiger partial charge < -0.3 is 16.4 Å². The molecule has 0 aliphatic rings. The quantitative estimate of drug-likeness (QED) is 0.690. The van der Waals surface area contributed by atoms with Gasteiger partial charge in [-0.25, -0.2) is 0 Å². The van der Waals surface area contributed by atoms with Crippen LogP contribution in [-0.4, -0.2) is 23.6 Å². The average Bonchev–Trinajstić information content (AvgIpc) is 2.56. The number of ketones is 1. The molecule has 0 heterocycles. The molecule has 2 aromatic carbocycles. The maximum atomic E-state index is 12.3. The van der Waals surface area contributed by atoms with Crippen molar-refractivity contribution in [3.05, 3.63) is 58.6 Å². The molecule has 0 aromatic heterocycles. The molecule has 0 spiro atoms. The van der Waals surface area contributed by atoms with Gasteiger partial charge in [0.25, 0.3) is 0 Å². The monoisotopic (exact) mass is 359 g/mol. The Hall–Kier alpha value is -2.86. The second-order valence-corrected chi connectivity index (χ2v) is 5.95. The number of benzene rings is 2. The van der Waals surface area contributed by atoms with Gasteiger partial charge in [0.05, 0.1) is 10.6 Å². The zero-order valence-electron chi connectivity index (χ0n) is 13.8. The maximum absolute atomic E-state index is 12.3. The van der Waals surface area contributed by atoms with Gasteiger partial charge in [-0.1, -0.05) is 11.6 Å². The molecule has 0 saturated carbocycles. The number of nitrogens with two attached hydrogens (primary N) is 1. The van der Waals surface area contributed by atoms with Crippen molar-refractivity contribution in [1.82, 2.24) is 0 Å². The fraction of sp³-hybridized carbons (Fsp3) is 0.167. The minimum atomic E-state index is -0.642. The van der Waals surface area contributed by atoms with E-state index in [1.165, 1.54) is 19.1 Å². The Bertz CT molecular complexity index is 819. The summed E-state index contributed by atoms with van der Waals surface area (Å²) in [4.78, 5) is 34.8. The second-order valence-electron chi connectivity index (χ2n) is 5.55. The molecule has 0 fully saturated rings. The van der Waals surface area contributed by atoms with Gasteiger partial charge >= 0.3 is 0 Å². The lowest BCUT2D eigenvalue weighted by atomic mass is 10.1. The minimum absolute atomic E-state index is 0.0408. The first-order valence-electron chi connectivity index (χ1n) is 7.55. The fourth-order valence-electron chi connectivity index (χ4n) is 2.16. The number of Topliss-reactive ketones (excluding diaryl/α,β-unsaturated/α-hetero) is 1. The average molecular weight is 360 g/mol. The topological polar surface area (TPSA) is 101 Å². The van der Waals surface area contributed by atoms with Gasteiger partial charge in [-0.3, -0.25) is 14.4 Å². The van der Waals surface area contributed by atoms with E-state index < -0.39 is 11.9 Å². The van der Waals surface area contributed by atoms with Crippen molar-refractivity contribution < 1.29 is 14.4 Å². The first-order chi connectivity index (χ1) is 11.8. The standard InChI is InChI=1S/C18H18ClN3O3/c1-10(21-14-7-8-16(19)15(9-14)17(20)24)18(25)22-13-5-3-12(4-6-13)11(2)23/h3-10,21H,1-2H3,(H2,20,24)(H,22,25)/t10-/m1/s1. The highest BCUT2D eigenvalue weighted by atomic mass is 35.5. The van der Waals surface area contributed by atoms with Gasteiger partial charge in [0.2, 0.25) is 11.8 Å². The molecule has 0 aliphatic heterocycles. The molecule has 0 bridgehead atoms. The Morgan fingerprint density at radius 1 is 1.04 bits per heavy atom. The first-order valence-corrected chi connectivity index (χ1v) is 7.93. The van der Waals surface area contributed by atoms with Gasteiger partial charge in [0, 0.05) is 16.9 Å². The molecule has 2 rings (SSSR count). The number of rotatable bonds is 6. The lowest BCUT2D eigenvalue weighted by Crippen LogP contribution is -2.32. The number of carbonyl (C=O) groups is 3. The minimum Gasteiger partial charge on any atom is -0.374 e. The van der Waals surface area contributed by atoms with E-state index in [9.17, 15) is 14.4 Å². The third kappa shape index (κ3) is 4.81. The number of carbonyl (C=O) groups excluding carboxylic acids is 3. The van der Waals surface area contributed by atoms with Crippen molar-refractivity contribution in [2.75, 3.05) is 10.6 Å². The number of primary amides is 1. The van der Waals surface area contributed by atoms with Crippen LogP contribution in [0.4, 0.5) is 11.4 Å². The normalized spacial score (nSPS) is 11.5. The van der Waals surface area contributed by atoms with Gasteiger partial charge in [0.15, 0.2) is 5.78 Å². The van der Waals surface area contributed by atoms with Crippen molar-refractivity contribution in [3.63, 3.8) is 0 Å². The van der Waals surface area contributed by atoms with Crippen LogP contribution in [0.5, 0.6) is 0 Å². The summed E-state index contributed by atoms with van der Waals surface area (Å²) in [5, 5.41) is 5.98. The molecule has 7 heteroatoms. The molecule has 1 atom stereocenters. The summed E-state index contributed by atoms with van der Waals surface area (Å²) in [6.07, 6.45) is 0. The van der Waals surface area contributed by atoms with Crippen LogP contribution in [0.3, 0.4) is 0 Å². The number of halogens is 1. The van der Waals surface area contributed by atoms with Crippen molar-refractivity contribution in [2.24, 2.45) is 5.73 Å². The third-order valence-corrected chi connectivity index (χ3v) is 3.90. The largest absolute Gasteiger partial charge is 0.374 e. The van der Waals surface area contributed by atoms with Crippen LogP contribution in [-0.2, 0) is 4.79 Å². The number of hydrogen-bond donors (Lipinski definition) is 3. The summed E-state index contributed by atoms with van der Waals surface area (Å²) in [7, 11) is 0. The predicted octanol–water partition coefficient (Wildman–Crippen LogP) is 3.08. The van der Waals surface area contributed by atoms with E-state index in [4.69, 9.17) is 17.3 Å². The van der Waals surface area contributed by atoms with Gasteiger partial charge in [-0.05, 0) is 56.3 Å². The van der Waals surface area contributed by atoms with Gasteiger partial charge in [-0.15, -0.1) is 0 Å². The van der Waals surface area contributed by atoms with E-state index in [0.717, 1.165) is 0 Å². The first kappa shape index (κ1) is 18.5. The Balaban J connectivity index is 2.04. The second kappa shape index (κ2) is 7.81. The molecule has 0 aliphatic carbocycles. The maximum Gasteiger partial charge on any atom is 0.250 e. The molecule has 25 heavy (non-hydrogen) atoms. The molecule has 2 amide bonds. The molecular weight excluding hydrogens is 342 g/mol. The Morgan fingerprint density at radius 3 is 2.20 bits per heavy atom. The molecule has 0 unspecified atom stereocenters. The molecule has 0 radical (unpaired) electrons. The van der Waals surface area contributed by atoms with E-state index in [0.29, 0.717) is 16.9 Å². The van der Waals surface area contributed by atoms with E-state index in [-0.39, 0.29) is 22.3 Å². The lowest BCUT2D eigenvalue weighted by Gasteiger charge is -2.16. The molecule has 2 aromatic rings. The summed E-state index contributed by atoms with van der Waals surface area (Å²) in [6, 6.07) is 10.7. The summed E-state index contributed by atoms with van der Waals surface area (Å²) < 4.78 is 0. The van der Waals surface area contributed by atoms with E-state index >= 15 is 0 Å². The van der Waals surface area contributed by atoms with Crippen LogP contribution in [0, 0.1) is 0 Å². The van der Waals surface area contributed by atoms with Crippen molar-refractivity contribution >= 4 is 40.6 Å². The lowest BCUT2D eigenvalue weighted by molar-refractivity contribution is -0.116. The van der Waals surface area contributed by atoms with Crippen LogP contribution >= 0.6 is 11.6 Å². The van der Waals surface area contributed by atoms with Gasteiger partial charge in [-0.2, -0.15) is 0 Å². The molecular formula is C18H18ClN3O3. The highest BCUT2D eigenvalue weighted by Gasteiger charge is 2.15. The third-order valence-electron chi connectivity index (χ3n) is 3.57. The van der Waals surface area contributed by atoms with Crippen molar-refractivity contribution in [2.45, 2.75) is 19.9 Å². The Kier molecular flexibility index (Phi) is 5.77. The van der Waals surface area contributed by atoms with E-state index in [1.54, 1.807) is 37.3 Å². The smallest absolute Gasteiger partial charge is 0.250 e. The summed E-state index contributed by atoms with van der Waals surface area (Å²) in [6.45, 7) is 3.16. The SMILES string of the molecule is CC(=O)c1ccc(NC(=O)[C@@H](C)Nc2ccc(Cl)c(C(N)=O)c2)cc1. The highest BCUT2D eigenvalue weighted by molar-refractivity contribution is 6.33. The molecule has 6 nitrogen and oxygen atoms in total. The Morgan fingerprint density at radius 2 is 1.64 bits per heavy atom. The van der Waals surface area contributed by atoms with E-state index in [1.807, 2.05) is 0 Å². The zero-order valence-corrected chi connectivity index (χ0v) is 14.6. The number of anilines is 2. The van der Waals surface area contributed by atoms with Crippen LogP contribution in [0.15, 0.2) is 42.5 Å². The summed E-state index contributed by atoms with van der Waals surface area (Å²) in [5.74, 6) is -0.955. The molecule has 0 saturated heterocycles. The van der Waals surface area contributed by atoms with Crippen LogP contribution in [0.25, 0.3) is 0 Å². The zero-order chi connectivity index (χ0) is 18.6. The molecule has 130 valence electrons. The van der Waals surface area contributed by atoms with Crippen LogP contribution in [0.1, 0.15) is 34.6 Å². The van der Waals surface area contributed by atoms with Crippen molar-refractivity contribution in [1.29, 1.82) is 0 Å².